The van der Waals surface area contributed by atoms with Crippen molar-refractivity contribution in [3.63, 3.8) is 0 Å². The summed E-state index contributed by atoms with van der Waals surface area (Å²) >= 11 is 0. The fourth-order valence-electron chi connectivity index (χ4n) is 2.83. The number of aliphatic hydroxyl groups excluding tert-OH is 1. The maximum absolute atomic E-state index is 12.3. The molecule has 1 saturated carbocycles. The van der Waals surface area contributed by atoms with Gasteiger partial charge in [-0.2, -0.15) is 0 Å². The van der Waals surface area contributed by atoms with E-state index in [1.54, 1.807) is 4.90 Å². The fourth-order valence-corrected chi connectivity index (χ4v) is 2.83. The Hall–Kier alpha value is -1.35. The number of benzene rings is 1. The lowest BCUT2D eigenvalue weighted by atomic mass is 10.1. The summed E-state index contributed by atoms with van der Waals surface area (Å²) in [5.41, 5.74) is 3.28. The van der Waals surface area contributed by atoms with Gasteiger partial charge < -0.3 is 10.0 Å². The van der Waals surface area contributed by atoms with Gasteiger partial charge in [-0.05, 0) is 55.4 Å². The zero-order valence-corrected chi connectivity index (χ0v) is 10.8. The summed E-state index contributed by atoms with van der Waals surface area (Å²) in [6.07, 6.45) is 5.14. The average molecular weight is 245 g/mol. The SMILES string of the molecule is CN(C(=O)C1(CO)CC1)c1ccc2c(c1)CCC2. The first-order chi connectivity index (χ1) is 8.66. The highest BCUT2D eigenvalue weighted by molar-refractivity contribution is 5.99. The molecule has 3 nitrogen and oxygen atoms in total. The molecule has 0 aromatic heterocycles. The van der Waals surface area contributed by atoms with Crippen molar-refractivity contribution in [3.05, 3.63) is 29.3 Å². The molecule has 0 unspecified atom stereocenters. The number of nitrogens with zero attached hydrogens (tertiary/aromatic N) is 1. The van der Waals surface area contributed by atoms with Gasteiger partial charge in [0.15, 0.2) is 0 Å². The van der Waals surface area contributed by atoms with Crippen molar-refractivity contribution < 1.29 is 9.90 Å². The average Bonchev–Trinajstić information content (AvgIpc) is 3.07. The largest absolute Gasteiger partial charge is 0.395 e. The van der Waals surface area contributed by atoms with Crippen LogP contribution >= 0.6 is 0 Å². The van der Waals surface area contributed by atoms with Crippen molar-refractivity contribution in [2.45, 2.75) is 32.1 Å². The molecule has 1 aromatic carbocycles. The molecule has 0 radical (unpaired) electrons. The molecular weight excluding hydrogens is 226 g/mol. The minimum absolute atomic E-state index is 0.0267. The molecule has 3 rings (SSSR count). The van der Waals surface area contributed by atoms with Crippen LogP contribution in [0.25, 0.3) is 0 Å². The van der Waals surface area contributed by atoms with E-state index in [2.05, 4.69) is 12.1 Å². The lowest BCUT2D eigenvalue weighted by Gasteiger charge is -2.23. The first kappa shape index (κ1) is 11.7. The number of hydrogen-bond acceptors (Lipinski definition) is 2. The zero-order valence-electron chi connectivity index (χ0n) is 10.8. The molecule has 2 aliphatic rings. The molecule has 3 heteroatoms. The second-order valence-electron chi connectivity index (χ2n) is 5.61. The quantitative estimate of drug-likeness (QED) is 0.883. The van der Waals surface area contributed by atoms with Gasteiger partial charge in [0.1, 0.15) is 0 Å². The van der Waals surface area contributed by atoms with Gasteiger partial charge in [-0.15, -0.1) is 0 Å². The van der Waals surface area contributed by atoms with Gasteiger partial charge in [0.25, 0.3) is 0 Å². The molecule has 1 fully saturated rings. The van der Waals surface area contributed by atoms with Crippen LogP contribution < -0.4 is 4.90 Å². The Balaban J connectivity index is 1.84. The van der Waals surface area contributed by atoms with Gasteiger partial charge in [-0.1, -0.05) is 6.07 Å². The van der Waals surface area contributed by atoms with Gasteiger partial charge in [0.05, 0.1) is 12.0 Å². The van der Waals surface area contributed by atoms with Crippen LogP contribution in [0.15, 0.2) is 18.2 Å². The van der Waals surface area contributed by atoms with Gasteiger partial charge in [-0.3, -0.25) is 4.79 Å². The van der Waals surface area contributed by atoms with Gasteiger partial charge in [-0.25, -0.2) is 0 Å². The number of rotatable bonds is 3. The van der Waals surface area contributed by atoms with Crippen LogP contribution in [0, 0.1) is 5.41 Å². The van der Waals surface area contributed by atoms with Crippen molar-refractivity contribution in [2.24, 2.45) is 5.41 Å². The maximum atomic E-state index is 12.3. The summed E-state index contributed by atoms with van der Waals surface area (Å²) < 4.78 is 0. The van der Waals surface area contributed by atoms with Crippen LogP contribution in [0.4, 0.5) is 5.69 Å². The van der Waals surface area contributed by atoms with E-state index < -0.39 is 5.41 Å². The summed E-state index contributed by atoms with van der Waals surface area (Å²) in [5, 5.41) is 9.33. The van der Waals surface area contributed by atoms with Crippen molar-refractivity contribution in [2.75, 3.05) is 18.6 Å². The molecule has 2 aliphatic carbocycles. The molecule has 96 valence electrons. The van der Waals surface area contributed by atoms with E-state index in [9.17, 15) is 9.90 Å². The van der Waals surface area contributed by atoms with Gasteiger partial charge >= 0.3 is 0 Å². The summed E-state index contributed by atoms with van der Waals surface area (Å²) in [6.45, 7) is -0.0267. The van der Waals surface area contributed by atoms with Crippen molar-refractivity contribution >= 4 is 11.6 Å². The number of aryl methyl sites for hydroxylation is 2. The molecular formula is C15H19NO2. The number of carbonyl (C=O) groups excluding carboxylic acids is 1. The Kier molecular flexibility index (Phi) is 2.67. The van der Waals surface area contributed by atoms with Crippen molar-refractivity contribution in [1.82, 2.24) is 0 Å². The number of carbonyl (C=O) groups is 1. The summed E-state index contributed by atoms with van der Waals surface area (Å²) in [4.78, 5) is 14.0. The van der Waals surface area contributed by atoms with E-state index in [1.165, 1.54) is 17.5 Å². The monoisotopic (exact) mass is 245 g/mol. The second-order valence-corrected chi connectivity index (χ2v) is 5.61. The highest BCUT2D eigenvalue weighted by atomic mass is 16.3. The minimum Gasteiger partial charge on any atom is -0.395 e. The number of anilines is 1. The number of hydrogen-bond donors (Lipinski definition) is 1. The van der Waals surface area contributed by atoms with E-state index in [0.29, 0.717) is 0 Å². The molecule has 1 N–H and O–H groups in total. The highest BCUT2D eigenvalue weighted by Crippen LogP contribution is 2.47. The van der Waals surface area contributed by atoms with Gasteiger partial charge in [0, 0.05) is 12.7 Å². The van der Waals surface area contributed by atoms with Crippen LogP contribution in [0.5, 0.6) is 0 Å². The van der Waals surface area contributed by atoms with Crippen molar-refractivity contribution in [1.29, 1.82) is 0 Å². The Morgan fingerprint density at radius 1 is 1.33 bits per heavy atom. The van der Waals surface area contributed by atoms with E-state index in [-0.39, 0.29) is 12.5 Å². The molecule has 0 heterocycles. The van der Waals surface area contributed by atoms with Crippen molar-refractivity contribution in [3.8, 4) is 0 Å². The molecule has 1 amide bonds. The predicted octanol–water partition coefficient (Wildman–Crippen LogP) is 1.91. The summed E-state index contributed by atoms with van der Waals surface area (Å²) in [7, 11) is 1.81. The van der Waals surface area contributed by atoms with Crippen LogP contribution in [0.1, 0.15) is 30.4 Å². The zero-order chi connectivity index (χ0) is 12.8. The Morgan fingerprint density at radius 2 is 2.06 bits per heavy atom. The molecule has 0 aliphatic heterocycles. The topological polar surface area (TPSA) is 40.5 Å². The summed E-state index contributed by atoms with van der Waals surface area (Å²) in [6, 6.07) is 6.29. The summed E-state index contributed by atoms with van der Waals surface area (Å²) in [5.74, 6) is 0.0583. The third kappa shape index (κ3) is 1.74. The smallest absolute Gasteiger partial charge is 0.235 e. The van der Waals surface area contributed by atoms with E-state index >= 15 is 0 Å². The lowest BCUT2D eigenvalue weighted by molar-refractivity contribution is -0.124. The third-order valence-corrected chi connectivity index (χ3v) is 4.38. The maximum Gasteiger partial charge on any atom is 0.235 e. The van der Waals surface area contributed by atoms with Crippen LogP contribution in [0.3, 0.4) is 0 Å². The predicted molar refractivity (Wildman–Crippen MR) is 70.6 cm³/mol. The van der Waals surface area contributed by atoms with Crippen LogP contribution in [0.2, 0.25) is 0 Å². The number of fused-ring (bicyclic) bond motifs is 1. The fraction of sp³-hybridized carbons (Fsp3) is 0.533. The molecule has 0 spiro atoms. The minimum atomic E-state index is -0.478. The van der Waals surface area contributed by atoms with Crippen LogP contribution in [-0.2, 0) is 17.6 Å². The first-order valence-corrected chi connectivity index (χ1v) is 6.67. The lowest BCUT2D eigenvalue weighted by Crippen LogP contribution is -2.36. The molecule has 0 bridgehead atoms. The van der Waals surface area contributed by atoms with E-state index in [1.807, 2.05) is 13.1 Å². The Bertz CT molecular complexity index is 491. The van der Waals surface area contributed by atoms with E-state index in [0.717, 1.165) is 31.4 Å². The molecule has 1 aromatic rings. The molecule has 0 saturated heterocycles. The number of aliphatic hydroxyl groups is 1. The number of amides is 1. The standard InChI is InChI=1S/C15H19NO2/c1-16(14(18)15(10-17)7-8-15)13-6-5-11-3-2-4-12(11)9-13/h5-6,9,17H,2-4,7-8,10H2,1H3. The van der Waals surface area contributed by atoms with Gasteiger partial charge in [0.2, 0.25) is 5.91 Å². The normalized spacial score (nSPS) is 19.4. The second kappa shape index (κ2) is 4.09. The molecule has 18 heavy (non-hydrogen) atoms. The molecule has 0 atom stereocenters. The Labute approximate surface area is 107 Å². The first-order valence-electron chi connectivity index (χ1n) is 6.67. The Morgan fingerprint density at radius 3 is 2.72 bits per heavy atom. The van der Waals surface area contributed by atoms with E-state index in [4.69, 9.17) is 0 Å². The highest BCUT2D eigenvalue weighted by Gasteiger charge is 2.50. The van der Waals surface area contributed by atoms with Crippen LogP contribution in [-0.4, -0.2) is 24.7 Å². The third-order valence-electron chi connectivity index (χ3n) is 4.38.